The Kier molecular flexibility index (Phi) is 7.28. The first kappa shape index (κ1) is 17.9. The van der Waals surface area contributed by atoms with Gasteiger partial charge in [-0.1, -0.05) is 6.07 Å². The van der Waals surface area contributed by atoms with E-state index < -0.39 is 18.6 Å². The van der Waals surface area contributed by atoms with Crippen LogP contribution >= 0.6 is 0 Å². The third kappa shape index (κ3) is 5.31. The number of esters is 2. The van der Waals surface area contributed by atoms with Crippen molar-refractivity contribution in [1.82, 2.24) is 0 Å². The molecule has 0 aliphatic heterocycles. The second kappa shape index (κ2) is 8.96. The lowest BCUT2D eigenvalue weighted by Gasteiger charge is -2.14. The van der Waals surface area contributed by atoms with Crippen molar-refractivity contribution < 1.29 is 32.6 Å². The molecule has 0 unspecified atom stereocenters. The van der Waals surface area contributed by atoms with E-state index >= 15 is 0 Å². The molecule has 5 nitrogen and oxygen atoms in total. The van der Waals surface area contributed by atoms with Gasteiger partial charge in [0.25, 0.3) is 0 Å². The normalized spacial score (nSPS) is 10.4. The summed E-state index contributed by atoms with van der Waals surface area (Å²) < 4.78 is 39.0. The molecule has 0 N–H and O–H groups in total. The predicted octanol–water partition coefficient (Wildman–Crippen LogP) is 2.96. The standard InChI is InChI=1S/C15H18F2O5/c1-3-20-13(18)9-8-10-11(14(19)21-4-2)6-5-7-12(10)22-15(16)17/h5-7,15H,3-4,8-9H2,1-2H3. The van der Waals surface area contributed by atoms with E-state index in [0.717, 1.165) is 0 Å². The van der Waals surface area contributed by atoms with Crippen molar-refractivity contribution >= 4 is 11.9 Å². The Hall–Kier alpha value is -2.18. The molecule has 0 atom stereocenters. The molecule has 0 bridgehead atoms. The molecule has 0 saturated heterocycles. The summed E-state index contributed by atoms with van der Waals surface area (Å²) >= 11 is 0. The molecule has 0 fully saturated rings. The fourth-order valence-corrected chi connectivity index (χ4v) is 1.89. The zero-order valence-corrected chi connectivity index (χ0v) is 12.4. The second-order valence-electron chi connectivity index (χ2n) is 4.19. The van der Waals surface area contributed by atoms with Crippen molar-refractivity contribution in [1.29, 1.82) is 0 Å². The molecule has 0 heterocycles. The Labute approximate surface area is 127 Å². The van der Waals surface area contributed by atoms with Crippen LogP contribution in [0.3, 0.4) is 0 Å². The number of ether oxygens (including phenoxy) is 3. The van der Waals surface area contributed by atoms with Crippen LogP contribution in [0.5, 0.6) is 5.75 Å². The molecule has 7 heteroatoms. The maximum absolute atomic E-state index is 12.5. The highest BCUT2D eigenvalue weighted by Gasteiger charge is 2.19. The van der Waals surface area contributed by atoms with Gasteiger partial charge in [0, 0.05) is 12.0 Å². The largest absolute Gasteiger partial charge is 0.466 e. The van der Waals surface area contributed by atoms with Gasteiger partial charge in [-0.05, 0) is 32.4 Å². The zero-order chi connectivity index (χ0) is 16.5. The first-order chi connectivity index (χ1) is 10.5. The Morgan fingerprint density at radius 1 is 1.14 bits per heavy atom. The van der Waals surface area contributed by atoms with Crippen LogP contribution in [0.4, 0.5) is 8.78 Å². The van der Waals surface area contributed by atoms with E-state index in [0.29, 0.717) is 0 Å². The van der Waals surface area contributed by atoms with Crippen molar-refractivity contribution in [2.24, 2.45) is 0 Å². The van der Waals surface area contributed by atoms with Gasteiger partial charge in [0.1, 0.15) is 5.75 Å². The average molecular weight is 316 g/mol. The number of hydrogen-bond acceptors (Lipinski definition) is 5. The van der Waals surface area contributed by atoms with Gasteiger partial charge in [0.2, 0.25) is 0 Å². The summed E-state index contributed by atoms with van der Waals surface area (Å²) in [6.45, 7) is 0.638. The number of hydrogen-bond donors (Lipinski definition) is 0. The highest BCUT2D eigenvalue weighted by molar-refractivity contribution is 5.92. The van der Waals surface area contributed by atoms with Gasteiger partial charge in [-0.3, -0.25) is 4.79 Å². The first-order valence-electron chi connectivity index (χ1n) is 6.89. The fraction of sp³-hybridized carbons (Fsp3) is 0.467. The number of carbonyl (C=O) groups excluding carboxylic acids is 2. The minimum atomic E-state index is -3.03. The lowest BCUT2D eigenvalue weighted by Crippen LogP contribution is -2.13. The Morgan fingerprint density at radius 3 is 2.41 bits per heavy atom. The molecule has 22 heavy (non-hydrogen) atoms. The van der Waals surface area contributed by atoms with Crippen LogP contribution < -0.4 is 4.74 Å². The van der Waals surface area contributed by atoms with Crippen molar-refractivity contribution in [2.45, 2.75) is 33.3 Å². The highest BCUT2D eigenvalue weighted by atomic mass is 19.3. The van der Waals surface area contributed by atoms with E-state index in [4.69, 9.17) is 9.47 Å². The van der Waals surface area contributed by atoms with E-state index in [1.54, 1.807) is 13.8 Å². The minimum absolute atomic E-state index is 0.0376. The van der Waals surface area contributed by atoms with Crippen molar-refractivity contribution in [2.75, 3.05) is 13.2 Å². The molecular formula is C15H18F2O5. The maximum Gasteiger partial charge on any atom is 0.387 e. The monoisotopic (exact) mass is 316 g/mol. The molecule has 0 spiro atoms. The Morgan fingerprint density at radius 2 is 1.82 bits per heavy atom. The first-order valence-corrected chi connectivity index (χ1v) is 6.89. The van der Waals surface area contributed by atoms with Gasteiger partial charge in [-0.25, -0.2) is 4.79 Å². The molecule has 1 aromatic rings. The van der Waals surface area contributed by atoms with E-state index in [-0.39, 0.29) is 42.9 Å². The van der Waals surface area contributed by atoms with Gasteiger partial charge < -0.3 is 14.2 Å². The van der Waals surface area contributed by atoms with Gasteiger partial charge >= 0.3 is 18.6 Å². The number of rotatable bonds is 8. The molecule has 0 radical (unpaired) electrons. The van der Waals surface area contributed by atoms with Gasteiger partial charge in [-0.2, -0.15) is 8.78 Å². The number of alkyl halides is 2. The Balaban J connectivity index is 3.04. The number of halogens is 2. The minimum Gasteiger partial charge on any atom is -0.466 e. The number of carbonyl (C=O) groups is 2. The second-order valence-corrected chi connectivity index (χ2v) is 4.19. The third-order valence-electron chi connectivity index (χ3n) is 2.73. The van der Waals surface area contributed by atoms with Gasteiger partial charge in [0.15, 0.2) is 0 Å². The SMILES string of the molecule is CCOC(=O)CCc1c(OC(F)F)cccc1C(=O)OCC. The van der Waals surface area contributed by atoms with E-state index in [9.17, 15) is 18.4 Å². The van der Waals surface area contributed by atoms with E-state index in [1.807, 2.05) is 0 Å². The zero-order valence-electron chi connectivity index (χ0n) is 12.4. The van der Waals surface area contributed by atoms with Crippen LogP contribution in [-0.2, 0) is 20.7 Å². The smallest absolute Gasteiger partial charge is 0.387 e. The molecule has 0 aliphatic rings. The summed E-state index contributed by atoms with van der Waals surface area (Å²) in [6.07, 6.45) is -0.0142. The van der Waals surface area contributed by atoms with Crippen molar-refractivity contribution in [3.8, 4) is 5.75 Å². The highest BCUT2D eigenvalue weighted by Crippen LogP contribution is 2.26. The topological polar surface area (TPSA) is 61.8 Å². The average Bonchev–Trinajstić information content (AvgIpc) is 2.45. The number of benzene rings is 1. The van der Waals surface area contributed by atoms with Crippen LogP contribution in [0.25, 0.3) is 0 Å². The fourth-order valence-electron chi connectivity index (χ4n) is 1.89. The van der Waals surface area contributed by atoms with Crippen LogP contribution in [0.15, 0.2) is 18.2 Å². The molecule has 122 valence electrons. The predicted molar refractivity (Wildman–Crippen MR) is 74.0 cm³/mol. The summed E-state index contributed by atoms with van der Waals surface area (Å²) in [7, 11) is 0. The van der Waals surface area contributed by atoms with Crippen molar-refractivity contribution in [3.63, 3.8) is 0 Å². The summed E-state index contributed by atoms with van der Waals surface area (Å²) in [4.78, 5) is 23.3. The molecule has 0 saturated carbocycles. The van der Waals surface area contributed by atoms with Crippen LogP contribution in [0, 0.1) is 0 Å². The molecule has 1 aromatic carbocycles. The van der Waals surface area contributed by atoms with Crippen LogP contribution in [0.1, 0.15) is 36.2 Å². The van der Waals surface area contributed by atoms with E-state index in [1.165, 1.54) is 18.2 Å². The molecule has 0 amide bonds. The summed E-state index contributed by atoms with van der Waals surface area (Å²) in [5.74, 6) is -1.28. The third-order valence-corrected chi connectivity index (χ3v) is 2.73. The van der Waals surface area contributed by atoms with Crippen LogP contribution in [-0.4, -0.2) is 31.8 Å². The van der Waals surface area contributed by atoms with Gasteiger partial charge in [-0.15, -0.1) is 0 Å². The molecule has 1 rings (SSSR count). The molecule has 0 aromatic heterocycles. The maximum atomic E-state index is 12.5. The van der Waals surface area contributed by atoms with Gasteiger partial charge in [0.05, 0.1) is 18.8 Å². The Bertz CT molecular complexity index is 517. The quantitative estimate of drug-likeness (QED) is 0.690. The van der Waals surface area contributed by atoms with Crippen molar-refractivity contribution in [3.05, 3.63) is 29.3 Å². The molecular weight excluding hydrogens is 298 g/mol. The van der Waals surface area contributed by atoms with E-state index in [2.05, 4.69) is 4.74 Å². The lowest BCUT2D eigenvalue weighted by atomic mass is 10.0. The van der Waals surface area contributed by atoms with Crippen LogP contribution in [0.2, 0.25) is 0 Å². The summed E-state index contributed by atoms with van der Waals surface area (Å²) in [5.41, 5.74) is 0.304. The summed E-state index contributed by atoms with van der Waals surface area (Å²) in [5, 5.41) is 0. The lowest BCUT2D eigenvalue weighted by molar-refractivity contribution is -0.143. The summed E-state index contributed by atoms with van der Waals surface area (Å²) in [6, 6.07) is 4.17. The molecule has 0 aliphatic carbocycles.